The second-order valence-corrected chi connectivity index (χ2v) is 4.87. The Balaban J connectivity index is 2.01. The van der Waals surface area contributed by atoms with Gasteiger partial charge in [0.25, 0.3) is 0 Å². The second-order valence-electron chi connectivity index (χ2n) is 4.87. The molecule has 2 amide bonds. The molecule has 0 aromatic carbocycles. The van der Waals surface area contributed by atoms with E-state index >= 15 is 0 Å². The molecule has 17 heavy (non-hydrogen) atoms. The SMILES string of the molecule is CCCCOCCNC(=O)N1CCC(C)CC1. The number of hydrogen-bond donors (Lipinski definition) is 1. The van der Waals surface area contributed by atoms with Crippen LogP contribution in [0.2, 0.25) is 0 Å². The summed E-state index contributed by atoms with van der Waals surface area (Å²) in [4.78, 5) is 13.7. The summed E-state index contributed by atoms with van der Waals surface area (Å²) < 4.78 is 5.40. The summed E-state index contributed by atoms with van der Waals surface area (Å²) in [6.45, 7) is 8.21. The summed E-state index contributed by atoms with van der Waals surface area (Å²) in [5.41, 5.74) is 0. The van der Waals surface area contributed by atoms with Crippen molar-refractivity contribution in [2.45, 2.75) is 39.5 Å². The minimum atomic E-state index is 0.0657. The zero-order valence-corrected chi connectivity index (χ0v) is 11.2. The Labute approximate surface area is 105 Å². The third-order valence-corrected chi connectivity index (χ3v) is 3.24. The van der Waals surface area contributed by atoms with Gasteiger partial charge in [0.05, 0.1) is 6.61 Å². The second kappa shape index (κ2) is 8.34. The maximum absolute atomic E-state index is 11.8. The number of rotatable bonds is 6. The van der Waals surface area contributed by atoms with Gasteiger partial charge >= 0.3 is 6.03 Å². The lowest BCUT2D eigenvalue weighted by molar-refractivity contribution is 0.128. The van der Waals surface area contributed by atoms with Gasteiger partial charge in [-0.3, -0.25) is 0 Å². The van der Waals surface area contributed by atoms with E-state index in [1.54, 1.807) is 0 Å². The van der Waals surface area contributed by atoms with Crippen molar-refractivity contribution in [3.05, 3.63) is 0 Å². The van der Waals surface area contributed by atoms with E-state index in [0.717, 1.165) is 51.3 Å². The lowest BCUT2D eigenvalue weighted by Gasteiger charge is -2.30. The first-order valence-corrected chi connectivity index (χ1v) is 6.84. The summed E-state index contributed by atoms with van der Waals surface area (Å²) in [6.07, 6.45) is 4.50. The van der Waals surface area contributed by atoms with Gasteiger partial charge in [0.2, 0.25) is 0 Å². The summed E-state index contributed by atoms with van der Waals surface area (Å²) in [5, 5.41) is 2.91. The predicted octanol–water partition coefficient (Wildman–Crippen LogP) is 2.24. The molecule has 4 heteroatoms. The molecule has 0 radical (unpaired) electrons. The van der Waals surface area contributed by atoms with Crippen LogP contribution in [0.1, 0.15) is 39.5 Å². The van der Waals surface area contributed by atoms with Crippen LogP contribution in [0.4, 0.5) is 4.79 Å². The fourth-order valence-electron chi connectivity index (χ4n) is 1.90. The van der Waals surface area contributed by atoms with Crippen LogP contribution in [0.15, 0.2) is 0 Å². The Kier molecular flexibility index (Phi) is 7.01. The van der Waals surface area contributed by atoms with Gasteiger partial charge in [0.1, 0.15) is 0 Å². The molecule has 0 aromatic rings. The van der Waals surface area contributed by atoms with Gasteiger partial charge in [0, 0.05) is 26.2 Å². The molecule has 100 valence electrons. The maximum atomic E-state index is 11.8. The van der Waals surface area contributed by atoms with E-state index in [2.05, 4.69) is 19.2 Å². The van der Waals surface area contributed by atoms with Crippen LogP contribution in [0.25, 0.3) is 0 Å². The Bertz CT molecular complexity index is 213. The number of likely N-dealkylation sites (tertiary alicyclic amines) is 1. The minimum Gasteiger partial charge on any atom is -0.380 e. The predicted molar refractivity (Wildman–Crippen MR) is 69.1 cm³/mol. The zero-order chi connectivity index (χ0) is 12.5. The van der Waals surface area contributed by atoms with Crippen molar-refractivity contribution in [1.29, 1.82) is 0 Å². The number of piperidine rings is 1. The van der Waals surface area contributed by atoms with E-state index in [4.69, 9.17) is 4.74 Å². The van der Waals surface area contributed by atoms with E-state index < -0.39 is 0 Å². The number of nitrogens with zero attached hydrogens (tertiary/aromatic N) is 1. The van der Waals surface area contributed by atoms with Crippen LogP contribution in [-0.4, -0.2) is 43.8 Å². The molecule has 0 unspecified atom stereocenters. The van der Waals surface area contributed by atoms with E-state index in [9.17, 15) is 4.79 Å². The summed E-state index contributed by atoms with van der Waals surface area (Å²) in [7, 11) is 0. The van der Waals surface area contributed by atoms with E-state index in [1.807, 2.05) is 4.90 Å². The van der Waals surface area contributed by atoms with Crippen molar-refractivity contribution in [3.8, 4) is 0 Å². The van der Waals surface area contributed by atoms with Gasteiger partial charge in [-0.25, -0.2) is 4.79 Å². The quantitative estimate of drug-likeness (QED) is 0.726. The summed E-state index contributed by atoms with van der Waals surface area (Å²) in [5.74, 6) is 0.761. The summed E-state index contributed by atoms with van der Waals surface area (Å²) in [6, 6.07) is 0.0657. The zero-order valence-electron chi connectivity index (χ0n) is 11.2. The Morgan fingerprint density at radius 3 is 2.71 bits per heavy atom. The molecule has 4 nitrogen and oxygen atoms in total. The van der Waals surface area contributed by atoms with Gasteiger partial charge in [-0.15, -0.1) is 0 Å². The Morgan fingerprint density at radius 2 is 2.06 bits per heavy atom. The third kappa shape index (κ3) is 5.91. The molecular formula is C13H26N2O2. The molecule has 1 fully saturated rings. The average molecular weight is 242 g/mol. The maximum Gasteiger partial charge on any atom is 0.317 e. The normalized spacial score (nSPS) is 17.2. The van der Waals surface area contributed by atoms with Gasteiger partial charge < -0.3 is 15.0 Å². The molecular weight excluding hydrogens is 216 g/mol. The minimum absolute atomic E-state index is 0.0657. The molecule has 1 rings (SSSR count). The number of hydrogen-bond acceptors (Lipinski definition) is 2. The Hall–Kier alpha value is -0.770. The van der Waals surface area contributed by atoms with Gasteiger partial charge in [-0.05, 0) is 25.2 Å². The lowest BCUT2D eigenvalue weighted by atomic mass is 10.00. The highest BCUT2D eigenvalue weighted by molar-refractivity contribution is 5.74. The van der Waals surface area contributed by atoms with Crippen molar-refractivity contribution in [3.63, 3.8) is 0 Å². The van der Waals surface area contributed by atoms with E-state index in [-0.39, 0.29) is 6.03 Å². The molecule has 0 atom stereocenters. The number of ether oxygens (including phenoxy) is 1. The van der Waals surface area contributed by atoms with Crippen molar-refractivity contribution < 1.29 is 9.53 Å². The van der Waals surface area contributed by atoms with Crippen LogP contribution < -0.4 is 5.32 Å². The molecule has 0 aliphatic carbocycles. The highest BCUT2D eigenvalue weighted by Crippen LogP contribution is 2.15. The number of carbonyl (C=O) groups excluding carboxylic acids is 1. The first-order chi connectivity index (χ1) is 8.24. The monoisotopic (exact) mass is 242 g/mol. The van der Waals surface area contributed by atoms with Crippen LogP contribution >= 0.6 is 0 Å². The van der Waals surface area contributed by atoms with Crippen LogP contribution in [0.3, 0.4) is 0 Å². The Morgan fingerprint density at radius 1 is 1.35 bits per heavy atom. The molecule has 1 heterocycles. The molecule has 1 aliphatic heterocycles. The first kappa shape index (κ1) is 14.3. The average Bonchev–Trinajstić information content (AvgIpc) is 2.34. The number of urea groups is 1. The highest BCUT2D eigenvalue weighted by atomic mass is 16.5. The van der Waals surface area contributed by atoms with Crippen LogP contribution in [0, 0.1) is 5.92 Å². The number of carbonyl (C=O) groups is 1. The topological polar surface area (TPSA) is 41.6 Å². The van der Waals surface area contributed by atoms with Crippen molar-refractivity contribution in [1.82, 2.24) is 10.2 Å². The van der Waals surface area contributed by atoms with Crippen LogP contribution in [0.5, 0.6) is 0 Å². The number of nitrogens with one attached hydrogen (secondary N) is 1. The van der Waals surface area contributed by atoms with Crippen molar-refractivity contribution in [2.24, 2.45) is 5.92 Å². The van der Waals surface area contributed by atoms with Gasteiger partial charge in [-0.1, -0.05) is 20.3 Å². The molecule has 1 saturated heterocycles. The standard InChI is InChI=1S/C13H26N2O2/c1-3-4-10-17-11-7-14-13(16)15-8-5-12(2)6-9-15/h12H,3-11H2,1-2H3,(H,14,16). The van der Waals surface area contributed by atoms with Crippen molar-refractivity contribution >= 4 is 6.03 Å². The molecule has 1 N–H and O–H groups in total. The molecule has 0 bridgehead atoms. The fourth-order valence-corrected chi connectivity index (χ4v) is 1.90. The highest BCUT2D eigenvalue weighted by Gasteiger charge is 2.19. The number of amides is 2. The molecule has 0 spiro atoms. The van der Waals surface area contributed by atoms with E-state index in [1.165, 1.54) is 0 Å². The van der Waals surface area contributed by atoms with Crippen molar-refractivity contribution in [2.75, 3.05) is 32.8 Å². The van der Waals surface area contributed by atoms with Gasteiger partial charge in [0.15, 0.2) is 0 Å². The summed E-state index contributed by atoms with van der Waals surface area (Å²) >= 11 is 0. The smallest absolute Gasteiger partial charge is 0.317 e. The third-order valence-electron chi connectivity index (χ3n) is 3.24. The first-order valence-electron chi connectivity index (χ1n) is 6.84. The molecule has 1 aliphatic rings. The lowest BCUT2D eigenvalue weighted by Crippen LogP contribution is -2.45. The fraction of sp³-hybridized carbons (Fsp3) is 0.923. The largest absolute Gasteiger partial charge is 0.380 e. The molecule has 0 saturated carbocycles. The number of unbranched alkanes of at least 4 members (excludes halogenated alkanes) is 1. The van der Waals surface area contributed by atoms with Crippen LogP contribution in [-0.2, 0) is 4.74 Å². The molecule has 0 aromatic heterocycles. The van der Waals surface area contributed by atoms with Gasteiger partial charge in [-0.2, -0.15) is 0 Å². The van der Waals surface area contributed by atoms with E-state index in [0.29, 0.717) is 13.2 Å².